The molecule has 22 heavy (non-hydrogen) atoms. The minimum absolute atomic E-state index is 0.0732. The zero-order valence-corrected chi connectivity index (χ0v) is 12.6. The van der Waals surface area contributed by atoms with Gasteiger partial charge in [-0.15, -0.1) is 0 Å². The predicted octanol–water partition coefficient (Wildman–Crippen LogP) is 2.71. The van der Waals surface area contributed by atoms with E-state index in [2.05, 4.69) is 9.88 Å². The number of rotatable bonds is 3. The van der Waals surface area contributed by atoms with Crippen LogP contribution in [0.4, 0.5) is 11.4 Å². The first-order chi connectivity index (χ1) is 10.6. The molecule has 6 heteroatoms. The van der Waals surface area contributed by atoms with Crippen molar-refractivity contribution >= 4 is 22.3 Å². The second-order valence-corrected chi connectivity index (χ2v) is 5.97. The molecule has 1 fully saturated rings. The number of para-hydroxylation sites is 1. The van der Waals surface area contributed by atoms with Gasteiger partial charge in [0.15, 0.2) is 0 Å². The van der Waals surface area contributed by atoms with Gasteiger partial charge in [-0.05, 0) is 31.7 Å². The third kappa shape index (κ3) is 2.62. The maximum absolute atomic E-state index is 11.4. The van der Waals surface area contributed by atoms with Crippen LogP contribution in [-0.2, 0) is 0 Å². The van der Waals surface area contributed by atoms with Crippen LogP contribution in [0, 0.1) is 16.0 Å². The first kappa shape index (κ1) is 14.7. The minimum Gasteiger partial charge on any atom is -0.365 e. The molecule has 0 aliphatic carbocycles. The summed E-state index contributed by atoms with van der Waals surface area (Å²) in [5, 5.41) is 12.3. The molecule has 6 nitrogen and oxygen atoms in total. The van der Waals surface area contributed by atoms with Gasteiger partial charge in [0.25, 0.3) is 0 Å². The summed E-state index contributed by atoms with van der Waals surface area (Å²) in [5.74, 6) is 0.361. The van der Waals surface area contributed by atoms with Gasteiger partial charge < -0.3 is 10.6 Å². The highest BCUT2D eigenvalue weighted by atomic mass is 16.6. The van der Waals surface area contributed by atoms with Gasteiger partial charge in [0.05, 0.1) is 10.4 Å². The van der Waals surface area contributed by atoms with E-state index in [1.165, 1.54) is 6.20 Å². The highest BCUT2D eigenvalue weighted by Crippen LogP contribution is 2.37. The molecule has 2 N–H and O–H groups in total. The lowest BCUT2D eigenvalue weighted by Gasteiger charge is -2.36. The molecule has 1 aliphatic heterocycles. The van der Waals surface area contributed by atoms with Crippen molar-refractivity contribution < 1.29 is 4.92 Å². The summed E-state index contributed by atoms with van der Waals surface area (Å²) in [4.78, 5) is 17.4. The molecular formula is C16H20N4O2. The topological polar surface area (TPSA) is 85.3 Å². The first-order valence-corrected chi connectivity index (χ1v) is 7.60. The Kier molecular flexibility index (Phi) is 3.94. The minimum atomic E-state index is -0.343. The molecule has 1 aromatic heterocycles. The van der Waals surface area contributed by atoms with Crippen molar-refractivity contribution in [3.8, 4) is 0 Å². The smallest absolute Gasteiger partial charge is 0.311 e. The first-order valence-electron chi connectivity index (χ1n) is 7.60. The Morgan fingerprint density at radius 2 is 2.23 bits per heavy atom. The molecule has 116 valence electrons. The summed E-state index contributed by atoms with van der Waals surface area (Å²) in [6.45, 7) is 3.58. The Labute approximate surface area is 129 Å². The van der Waals surface area contributed by atoms with Gasteiger partial charge in [0, 0.05) is 24.5 Å². The maximum atomic E-state index is 11.4. The third-order valence-electron chi connectivity index (χ3n) is 4.44. The van der Waals surface area contributed by atoms with Crippen LogP contribution in [0.1, 0.15) is 19.8 Å². The summed E-state index contributed by atoms with van der Waals surface area (Å²) in [6.07, 6.45) is 3.44. The van der Waals surface area contributed by atoms with E-state index in [1.807, 2.05) is 31.2 Å². The molecular weight excluding hydrogens is 280 g/mol. The number of nitrogens with two attached hydrogens (primary N) is 1. The molecule has 0 radical (unpaired) electrons. The zero-order chi connectivity index (χ0) is 15.7. The van der Waals surface area contributed by atoms with Crippen molar-refractivity contribution in [2.45, 2.75) is 25.8 Å². The van der Waals surface area contributed by atoms with Gasteiger partial charge in [-0.3, -0.25) is 10.1 Å². The number of fused-ring (bicyclic) bond motifs is 1. The van der Waals surface area contributed by atoms with E-state index in [4.69, 9.17) is 5.73 Å². The third-order valence-corrected chi connectivity index (χ3v) is 4.44. The van der Waals surface area contributed by atoms with Crippen molar-refractivity contribution in [1.29, 1.82) is 0 Å². The van der Waals surface area contributed by atoms with Gasteiger partial charge in [-0.2, -0.15) is 0 Å². The summed E-state index contributed by atoms with van der Waals surface area (Å²) >= 11 is 0. The molecule has 0 amide bonds. The number of aromatic nitrogens is 1. The number of anilines is 1. The molecule has 3 rings (SSSR count). The molecule has 1 aliphatic rings. The SMILES string of the molecule is CC(N)C1CCCN(c2c([N+](=O)[O-])cnc3ccccc23)C1. The Bertz CT molecular complexity index is 702. The van der Waals surface area contributed by atoms with E-state index in [0.717, 1.165) is 36.8 Å². The molecule has 0 spiro atoms. The fourth-order valence-electron chi connectivity index (χ4n) is 3.22. The molecule has 2 aromatic rings. The molecule has 0 bridgehead atoms. The lowest BCUT2D eigenvalue weighted by atomic mass is 9.91. The van der Waals surface area contributed by atoms with E-state index in [0.29, 0.717) is 11.6 Å². The number of nitrogens with zero attached hydrogens (tertiary/aromatic N) is 3. The summed E-state index contributed by atoms with van der Waals surface area (Å²) in [5.41, 5.74) is 7.58. The lowest BCUT2D eigenvalue weighted by molar-refractivity contribution is -0.384. The van der Waals surface area contributed by atoms with E-state index in [-0.39, 0.29) is 16.7 Å². The monoisotopic (exact) mass is 300 g/mol. The zero-order valence-electron chi connectivity index (χ0n) is 12.6. The summed E-state index contributed by atoms with van der Waals surface area (Å²) in [7, 11) is 0. The van der Waals surface area contributed by atoms with Crippen LogP contribution in [0.3, 0.4) is 0 Å². The van der Waals surface area contributed by atoms with E-state index in [9.17, 15) is 10.1 Å². The van der Waals surface area contributed by atoms with E-state index in [1.54, 1.807) is 0 Å². The Balaban J connectivity index is 2.11. The number of benzene rings is 1. The van der Waals surface area contributed by atoms with Crippen molar-refractivity contribution in [2.24, 2.45) is 11.7 Å². The molecule has 1 saturated heterocycles. The average molecular weight is 300 g/mol. The number of pyridine rings is 1. The quantitative estimate of drug-likeness (QED) is 0.696. The van der Waals surface area contributed by atoms with Crippen molar-refractivity contribution in [1.82, 2.24) is 4.98 Å². The standard InChI is InChI=1S/C16H20N4O2/c1-11(17)12-5-4-8-19(10-12)16-13-6-2-3-7-14(13)18-9-15(16)20(21)22/h2-3,6-7,9,11-12H,4-5,8,10,17H2,1H3. The molecule has 2 atom stereocenters. The largest absolute Gasteiger partial charge is 0.365 e. The van der Waals surface area contributed by atoms with Crippen LogP contribution in [0.2, 0.25) is 0 Å². The second-order valence-electron chi connectivity index (χ2n) is 5.97. The van der Waals surface area contributed by atoms with Gasteiger partial charge in [0.1, 0.15) is 11.9 Å². The van der Waals surface area contributed by atoms with Crippen LogP contribution in [0.5, 0.6) is 0 Å². The van der Waals surface area contributed by atoms with Gasteiger partial charge in [-0.1, -0.05) is 18.2 Å². The molecule has 2 unspecified atom stereocenters. The average Bonchev–Trinajstić information content (AvgIpc) is 2.53. The highest BCUT2D eigenvalue weighted by molar-refractivity contribution is 5.96. The van der Waals surface area contributed by atoms with Gasteiger partial charge in [-0.25, -0.2) is 4.98 Å². The fraction of sp³-hybridized carbons (Fsp3) is 0.438. The Hall–Kier alpha value is -2.21. The van der Waals surface area contributed by atoms with Crippen molar-refractivity contribution in [3.05, 3.63) is 40.6 Å². The van der Waals surface area contributed by atoms with Crippen LogP contribution in [-0.4, -0.2) is 29.0 Å². The van der Waals surface area contributed by atoms with E-state index < -0.39 is 0 Å². The number of hydrogen-bond donors (Lipinski definition) is 1. The highest BCUT2D eigenvalue weighted by Gasteiger charge is 2.29. The summed E-state index contributed by atoms with van der Waals surface area (Å²) < 4.78 is 0. The molecule has 2 heterocycles. The van der Waals surface area contributed by atoms with Crippen LogP contribution < -0.4 is 10.6 Å². The van der Waals surface area contributed by atoms with Crippen LogP contribution in [0.15, 0.2) is 30.5 Å². The second kappa shape index (κ2) is 5.88. The van der Waals surface area contributed by atoms with Crippen LogP contribution >= 0.6 is 0 Å². The molecule has 0 saturated carbocycles. The predicted molar refractivity (Wildman–Crippen MR) is 87.0 cm³/mol. The number of piperidine rings is 1. The van der Waals surface area contributed by atoms with Crippen molar-refractivity contribution in [3.63, 3.8) is 0 Å². The van der Waals surface area contributed by atoms with Gasteiger partial charge >= 0.3 is 5.69 Å². The maximum Gasteiger partial charge on any atom is 0.311 e. The lowest BCUT2D eigenvalue weighted by Crippen LogP contribution is -2.42. The van der Waals surface area contributed by atoms with Crippen LogP contribution in [0.25, 0.3) is 10.9 Å². The summed E-state index contributed by atoms with van der Waals surface area (Å²) in [6, 6.07) is 7.67. The number of hydrogen-bond acceptors (Lipinski definition) is 5. The van der Waals surface area contributed by atoms with E-state index >= 15 is 0 Å². The fourth-order valence-corrected chi connectivity index (χ4v) is 3.22. The van der Waals surface area contributed by atoms with Gasteiger partial charge in [0.2, 0.25) is 0 Å². The van der Waals surface area contributed by atoms with Crippen molar-refractivity contribution in [2.75, 3.05) is 18.0 Å². The molecule has 1 aromatic carbocycles. The Morgan fingerprint density at radius 1 is 1.45 bits per heavy atom. The Morgan fingerprint density at radius 3 is 2.95 bits per heavy atom. The normalized spacial score (nSPS) is 20.1. The number of nitro groups is 1.